The Hall–Kier alpha value is -2.37. The number of aliphatic carboxylic acids is 1. The van der Waals surface area contributed by atoms with Crippen molar-refractivity contribution in [3.8, 4) is 0 Å². The standard InChI is InChI=1S/C11H12N2O4/c1-12(2)9-5-3-8(4-6-11(14)15)7-10(9)13(16)17/h3-7H,1-2H3,(H,14,15). The SMILES string of the molecule is CN(C)c1ccc(C=CC(=O)O)cc1[N+](=O)[O-]. The summed E-state index contributed by atoms with van der Waals surface area (Å²) in [4.78, 5) is 22.3. The van der Waals surface area contributed by atoms with Gasteiger partial charge in [0.2, 0.25) is 0 Å². The molecule has 90 valence electrons. The molecule has 0 saturated heterocycles. The summed E-state index contributed by atoms with van der Waals surface area (Å²) in [5, 5.41) is 19.3. The minimum atomic E-state index is -1.09. The van der Waals surface area contributed by atoms with Crippen LogP contribution in [0.4, 0.5) is 11.4 Å². The third kappa shape index (κ3) is 3.30. The van der Waals surface area contributed by atoms with Crippen molar-refractivity contribution < 1.29 is 14.8 Å². The number of carbonyl (C=O) groups is 1. The fourth-order valence-electron chi connectivity index (χ4n) is 1.34. The Balaban J connectivity index is 3.19. The Morgan fingerprint density at radius 3 is 2.59 bits per heavy atom. The van der Waals surface area contributed by atoms with Crippen LogP contribution in [-0.2, 0) is 4.79 Å². The number of hydrogen-bond acceptors (Lipinski definition) is 4. The Bertz CT molecular complexity index is 480. The summed E-state index contributed by atoms with van der Waals surface area (Å²) in [7, 11) is 3.41. The van der Waals surface area contributed by atoms with Crippen LogP contribution in [0.15, 0.2) is 24.3 Å². The van der Waals surface area contributed by atoms with Crippen molar-refractivity contribution >= 4 is 23.4 Å². The van der Waals surface area contributed by atoms with Gasteiger partial charge in [0.05, 0.1) is 4.92 Å². The fourth-order valence-corrected chi connectivity index (χ4v) is 1.34. The summed E-state index contributed by atoms with van der Waals surface area (Å²) >= 11 is 0. The lowest BCUT2D eigenvalue weighted by Gasteiger charge is -2.12. The van der Waals surface area contributed by atoms with E-state index in [1.807, 2.05) is 0 Å². The smallest absolute Gasteiger partial charge is 0.328 e. The predicted molar refractivity (Wildman–Crippen MR) is 64.1 cm³/mol. The van der Waals surface area contributed by atoms with E-state index in [9.17, 15) is 14.9 Å². The van der Waals surface area contributed by atoms with Gasteiger partial charge in [0.25, 0.3) is 5.69 Å². The van der Waals surface area contributed by atoms with Gasteiger partial charge < -0.3 is 10.0 Å². The van der Waals surface area contributed by atoms with Crippen molar-refractivity contribution in [1.82, 2.24) is 0 Å². The maximum Gasteiger partial charge on any atom is 0.328 e. The summed E-state index contributed by atoms with van der Waals surface area (Å²) in [5.41, 5.74) is 0.898. The highest BCUT2D eigenvalue weighted by Gasteiger charge is 2.15. The molecule has 0 amide bonds. The Kier molecular flexibility index (Phi) is 3.82. The lowest BCUT2D eigenvalue weighted by Crippen LogP contribution is -2.10. The molecule has 1 aromatic rings. The van der Waals surface area contributed by atoms with E-state index in [1.54, 1.807) is 31.1 Å². The first-order valence-electron chi connectivity index (χ1n) is 4.78. The molecule has 0 unspecified atom stereocenters. The average Bonchev–Trinajstić information content (AvgIpc) is 2.25. The van der Waals surface area contributed by atoms with Crippen LogP contribution < -0.4 is 4.90 Å². The van der Waals surface area contributed by atoms with Crippen molar-refractivity contribution in [3.63, 3.8) is 0 Å². The second-order valence-corrected chi connectivity index (χ2v) is 3.57. The zero-order valence-corrected chi connectivity index (χ0v) is 9.45. The third-order valence-electron chi connectivity index (χ3n) is 2.10. The number of carboxylic acids is 1. The van der Waals surface area contributed by atoms with Gasteiger partial charge >= 0.3 is 5.97 Å². The van der Waals surface area contributed by atoms with E-state index < -0.39 is 10.9 Å². The number of benzene rings is 1. The van der Waals surface area contributed by atoms with Gasteiger partial charge in [-0.3, -0.25) is 10.1 Å². The number of nitro benzene ring substituents is 1. The summed E-state index contributed by atoms with van der Waals surface area (Å²) in [6.45, 7) is 0. The highest BCUT2D eigenvalue weighted by Crippen LogP contribution is 2.28. The first-order valence-corrected chi connectivity index (χ1v) is 4.78. The van der Waals surface area contributed by atoms with Gasteiger partial charge in [-0.2, -0.15) is 0 Å². The van der Waals surface area contributed by atoms with Gasteiger partial charge in [-0.1, -0.05) is 6.07 Å². The molecule has 1 N–H and O–H groups in total. The minimum absolute atomic E-state index is 0.0532. The van der Waals surface area contributed by atoms with E-state index in [1.165, 1.54) is 12.1 Å². The second-order valence-electron chi connectivity index (χ2n) is 3.57. The van der Waals surface area contributed by atoms with Crippen molar-refractivity contribution in [2.75, 3.05) is 19.0 Å². The highest BCUT2D eigenvalue weighted by molar-refractivity contribution is 5.85. The van der Waals surface area contributed by atoms with Crippen LogP contribution in [0.25, 0.3) is 6.08 Å². The molecule has 0 atom stereocenters. The Morgan fingerprint density at radius 2 is 2.12 bits per heavy atom. The van der Waals surface area contributed by atoms with E-state index >= 15 is 0 Å². The van der Waals surface area contributed by atoms with Gasteiger partial charge in [0.1, 0.15) is 5.69 Å². The van der Waals surface area contributed by atoms with E-state index in [2.05, 4.69) is 0 Å². The number of nitrogens with zero attached hydrogens (tertiary/aromatic N) is 2. The second kappa shape index (κ2) is 5.11. The van der Waals surface area contributed by atoms with Crippen LogP contribution in [0, 0.1) is 10.1 Å². The maximum absolute atomic E-state index is 10.9. The lowest BCUT2D eigenvalue weighted by molar-refractivity contribution is -0.384. The molecule has 0 spiro atoms. The van der Waals surface area contributed by atoms with Crippen LogP contribution in [0.3, 0.4) is 0 Å². The zero-order valence-electron chi connectivity index (χ0n) is 9.45. The molecular formula is C11H12N2O4. The monoisotopic (exact) mass is 236 g/mol. The topological polar surface area (TPSA) is 83.7 Å². The van der Waals surface area contributed by atoms with Gasteiger partial charge in [-0.05, 0) is 17.7 Å². The molecule has 1 aromatic carbocycles. The molecule has 0 aliphatic heterocycles. The van der Waals surface area contributed by atoms with Crippen molar-refractivity contribution in [1.29, 1.82) is 0 Å². The minimum Gasteiger partial charge on any atom is -0.478 e. The van der Waals surface area contributed by atoms with Gasteiger partial charge in [0, 0.05) is 26.2 Å². The quantitative estimate of drug-likeness (QED) is 0.489. The molecule has 0 aromatic heterocycles. The van der Waals surface area contributed by atoms with Gasteiger partial charge in [-0.15, -0.1) is 0 Å². The van der Waals surface area contributed by atoms with Crippen LogP contribution in [-0.4, -0.2) is 30.1 Å². The van der Waals surface area contributed by atoms with Gasteiger partial charge in [-0.25, -0.2) is 4.79 Å². The van der Waals surface area contributed by atoms with Crippen molar-refractivity contribution in [2.45, 2.75) is 0 Å². The van der Waals surface area contributed by atoms with Crippen molar-refractivity contribution in [2.24, 2.45) is 0 Å². The van der Waals surface area contributed by atoms with E-state index in [0.29, 0.717) is 11.3 Å². The molecule has 0 saturated carbocycles. The number of carboxylic acid groups (broad SMARTS) is 1. The van der Waals surface area contributed by atoms with Crippen molar-refractivity contribution in [3.05, 3.63) is 40.0 Å². The largest absolute Gasteiger partial charge is 0.478 e. The molecule has 0 bridgehead atoms. The predicted octanol–water partition coefficient (Wildman–Crippen LogP) is 1.76. The summed E-state index contributed by atoms with van der Waals surface area (Å²) in [5.74, 6) is -1.09. The van der Waals surface area contributed by atoms with Crippen LogP contribution in [0.2, 0.25) is 0 Å². The summed E-state index contributed by atoms with van der Waals surface area (Å²) in [6.07, 6.45) is 2.25. The number of hydrogen-bond donors (Lipinski definition) is 1. The first-order chi connectivity index (χ1) is 7.91. The van der Waals surface area contributed by atoms with E-state index in [4.69, 9.17) is 5.11 Å². The molecule has 0 heterocycles. The molecular weight excluding hydrogens is 224 g/mol. The third-order valence-corrected chi connectivity index (χ3v) is 2.10. The molecule has 6 heteroatoms. The normalized spacial score (nSPS) is 10.5. The molecule has 0 fully saturated rings. The Morgan fingerprint density at radius 1 is 1.47 bits per heavy atom. The van der Waals surface area contributed by atoms with E-state index in [-0.39, 0.29) is 5.69 Å². The molecule has 0 radical (unpaired) electrons. The Labute approximate surface area is 97.9 Å². The first kappa shape index (κ1) is 12.7. The van der Waals surface area contributed by atoms with Gasteiger partial charge in [0.15, 0.2) is 0 Å². The zero-order chi connectivity index (χ0) is 13.0. The lowest BCUT2D eigenvalue weighted by atomic mass is 10.1. The van der Waals surface area contributed by atoms with Crippen LogP contribution in [0.5, 0.6) is 0 Å². The molecule has 17 heavy (non-hydrogen) atoms. The van der Waals surface area contributed by atoms with Crippen LogP contribution >= 0.6 is 0 Å². The number of nitro groups is 1. The number of rotatable bonds is 4. The van der Waals surface area contributed by atoms with Crippen LogP contribution in [0.1, 0.15) is 5.56 Å². The number of anilines is 1. The molecule has 0 aliphatic rings. The maximum atomic E-state index is 10.9. The summed E-state index contributed by atoms with van der Waals surface area (Å²) in [6, 6.07) is 4.55. The summed E-state index contributed by atoms with van der Waals surface area (Å²) < 4.78 is 0. The molecule has 0 aliphatic carbocycles. The average molecular weight is 236 g/mol. The fraction of sp³-hybridized carbons (Fsp3) is 0.182. The molecule has 6 nitrogen and oxygen atoms in total. The van der Waals surface area contributed by atoms with E-state index in [0.717, 1.165) is 6.08 Å². The highest BCUT2D eigenvalue weighted by atomic mass is 16.6. The molecule has 1 rings (SSSR count).